The van der Waals surface area contributed by atoms with Crippen molar-refractivity contribution in [3.63, 3.8) is 0 Å². The highest BCUT2D eigenvalue weighted by molar-refractivity contribution is 7.90. The molecule has 0 radical (unpaired) electrons. The van der Waals surface area contributed by atoms with Gasteiger partial charge in [0.05, 0.1) is 28.0 Å². The Hall–Kier alpha value is -2.98. The number of nitrogens with zero attached hydrogens (tertiary/aromatic N) is 2. The Morgan fingerprint density at radius 1 is 1.15 bits per heavy atom. The lowest BCUT2D eigenvalue weighted by molar-refractivity contribution is -0.117. The number of carbonyl (C=O) groups excluding carboxylic acids is 1. The number of aryl methyl sites for hydroxylation is 1. The maximum atomic E-state index is 12.7. The largest absolute Gasteiger partial charge is 0.368 e. The van der Waals surface area contributed by atoms with Crippen LogP contribution < -0.4 is 10.6 Å². The van der Waals surface area contributed by atoms with E-state index < -0.39 is 9.84 Å². The van der Waals surface area contributed by atoms with Crippen LogP contribution in [0.4, 0.5) is 17.2 Å². The summed E-state index contributed by atoms with van der Waals surface area (Å²) in [5, 5.41) is 6.09. The summed E-state index contributed by atoms with van der Waals surface area (Å²) in [5.41, 5.74) is 2.66. The number of aromatic nitrogens is 3. The highest BCUT2D eigenvalue weighted by atomic mass is 32.2. The van der Waals surface area contributed by atoms with E-state index in [0.29, 0.717) is 34.2 Å². The number of benzene rings is 1. The van der Waals surface area contributed by atoms with Gasteiger partial charge in [0, 0.05) is 18.2 Å². The number of nitrogens with one attached hydrogen (secondary N) is 3. The molecule has 0 spiro atoms. The Labute approximate surface area is 198 Å². The Balaban J connectivity index is 1.53. The predicted molar refractivity (Wildman–Crippen MR) is 130 cm³/mol. The van der Waals surface area contributed by atoms with Crippen molar-refractivity contribution in [2.45, 2.75) is 63.1 Å². The van der Waals surface area contributed by atoms with Crippen LogP contribution in [-0.4, -0.2) is 41.1 Å². The summed E-state index contributed by atoms with van der Waals surface area (Å²) in [6, 6.07) is 7.03. The second kappa shape index (κ2) is 8.06. The lowest BCUT2D eigenvalue weighted by Crippen LogP contribution is -2.17. The van der Waals surface area contributed by atoms with Crippen LogP contribution in [0.1, 0.15) is 57.0 Å². The standard InChI is InChI=1S/C24H29N5O4S/c1-13-25-21-17(12-20(28-22(21)26-13)29-23(30)14-5-6-14)27-16-8-7-15(11-19(16)34(4,31)32)18-9-10-24(2,3)33-18/h7-8,11-12,14,18H,5-6,9-10H2,1-4H3,(H3,25,26,27,28,29,30)/t18-/m1/s1. The summed E-state index contributed by atoms with van der Waals surface area (Å²) in [5.74, 6) is 1.02. The fraction of sp³-hybridized carbons (Fsp3) is 0.458. The summed E-state index contributed by atoms with van der Waals surface area (Å²) in [6.45, 7) is 5.90. The second-order valence-corrected chi connectivity index (χ2v) is 11.9. The molecule has 3 heterocycles. The van der Waals surface area contributed by atoms with Crippen molar-refractivity contribution in [3.8, 4) is 0 Å². The van der Waals surface area contributed by atoms with Crippen LogP contribution in [0.25, 0.3) is 11.2 Å². The van der Waals surface area contributed by atoms with Gasteiger partial charge in [-0.1, -0.05) is 6.07 Å². The second-order valence-electron chi connectivity index (χ2n) is 9.90. The number of amides is 1. The number of sulfone groups is 1. The lowest BCUT2D eigenvalue weighted by atomic mass is 10.0. The zero-order chi connectivity index (χ0) is 24.3. The van der Waals surface area contributed by atoms with Crippen LogP contribution in [-0.2, 0) is 19.4 Å². The number of aromatic amines is 1. The van der Waals surface area contributed by atoms with E-state index in [1.165, 1.54) is 6.26 Å². The van der Waals surface area contributed by atoms with Crippen LogP contribution in [0.3, 0.4) is 0 Å². The maximum absolute atomic E-state index is 12.7. The summed E-state index contributed by atoms with van der Waals surface area (Å²) in [7, 11) is -3.55. The first kappa shape index (κ1) is 22.8. The topological polar surface area (TPSA) is 126 Å². The number of rotatable bonds is 6. The van der Waals surface area contributed by atoms with Crippen LogP contribution in [0.15, 0.2) is 29.2 Å². The third-order valence-corrected chi connectivity index (χ3v) is 7.42. The molecule has 10 heteroatoms. The molecular weight excluding hydrogens is 454 g/mol. The van der Waals surface area contributed by atoms with Crippen LogP contribution in [0.5, 0.6) is 0 Å². The highest BCUT2D eigenvalue weighted by Gasteiger charge is 2.33. The van der Waals surface area contributed by atoms with Crippen molar-refractivity contribution in [1.82, 2.24) is 15.0 Å². The van der Waals surface area contributed by atoms with Gasteiger partial charge in [-0.25, -0.2) is 18.4 Å². The van der Waals surface area contributed by atoms with E-state index in [1.54, 1.807) is 18.2 Å². The van der Waals surface area contributed by atoms with Gasteiger partial charge in [0.2, 0.25) is 5.91 Å². The number of pyridine rings is 1. The van der Waals surface area contributed by atoms with E-state index in [1.807, 2.05) is 26.8 Å². The molecule has 1 amide bonds. The quantitative estimate of drug-likeness (QED) is 0.475. The van der Waals surface area contributed by atoms with Gasteiger partial charge in [0.1, 0.15) is 17.2 Å². The molecule has 3 N–H and O–H groups in total. The molecule has 1 saturated carbocycles. The fourth-order valence-electron chi connectivity index (χ4n) is 4.35. The van der Waals surface area contributed by atoms with Gasteiger partial charge < -0.3 is 20.4 Å². The SMILES string of the molecule is Cc1nc2c(Nc3ccc([C@H]4CCC(C)(C)O4)cc3S(C)(=O)=O)cc(NC(=O)C3CC3)nc2[nH]1. The number of hydrogen-bond donors (Lipinski definition) is 3. The minimum Gasteiger partial charge on any atom is -0.368 e. The normalized spacial score (nSPS) is 19.9. The summed E-state index contributed by atoms with van der Waals surface area (Å²) < 4.78 is 31.6. The Morgan fingerprint density at radius 2 is 1.91 bits per heavy atom. The van der Waals surface area contributed by atoms with Gasteiger partial charge in [0.25, 0.3) is 0 Å². The average molecular weight is 484 g/mol. The Bertz CT molecular complexity index is 1390. The van der Waals surface area contributed by atoms with Crippen molar-refractivity contribution in [3.05, 3.63) is 35.7 Å². The molecule has 5 rings (SSSR count). The lowest BCUT2D eigenvalue weighted by Gasteiger charge is -2.20. The first-order valence-corrected chi connectivity index (χ1v) is 13.3. The number of anilines is 3. The van der Waals surface area contributed by atoms with Crippen molar-refractivity contribution in [2.75, 3.05) is 16.9 Å². The molecule has 2 fully saturated rings. The summed E-state index contributed by atoms with van der Waals surface area (Å²) in [6.07, 6.45) is 4.57. The number of ether oxygens (including phenoxy) is 1. The molecule has 1 aliphatic heterocycles. The maximum Gasteiger partial charge on any atom is 0.228 e. The molecule has 2 aromatic heterocycles. The molecule has 0 bridgehead atoms. The minimum absolute atomic E-state index is 0.0320. The van der Waals surface area contributed by atoms with Crippen LogP contribution in [0, 0.1) is 12.8 Å². The van der Waals surface area contributed by atoms with Crippen molar-refractivity contribution >= 4 is 44.1 Å². The van der Waals surface area contributed by atoms with Gasteiger partial charge in [-0.2, -0.15) is 0 Å². The predicted octanol–water partition coefficient (Wildman–Crippen LogP) is 4.39. The monoisotopic (exact) mass is 483 g/mol. The molecule has 1 aliphatic carbocycles. The average Bonchev–Trinajstić information content (AvgIpc) is 3.44. The number of carbonyl (C=O) groups is 1. The van der Waals surface area contributed by atoms with E-state index in [9.17, 15) is 13.2 Å². The van der Waals surface area contributed by atoms with Gasteiger partial charge in [-0.15, -0.1) is 0 Å². The smallest absolute Gasteiger partial charge is 0.228 e. The molecule has 0 unspecified atom stereocenters. The molecule has 1 atom stereocenters. The summed E-state index contributed by atoms with van der Waals surface area (Å²) >= 11 is 0. The van der Waals surface area contributed by atoms with Gasteiger partial charge in [-0.05, 0) is 64.2 Å². The number of H-pyrrole nitrogens is 1. The van der Waals surface area contributed by atoms with Gasteiger partial charge in [0.15, 0.2) is 15.5 Å². The molecule has 1 aromatic carbocycles. The number of hydrogen-bond acceptors (Lipinski definition) is 7. The first-order chi connectivity index (χ1) is 16.0. The zero-order valence-electron chi connectivity index (χ0n) is 19.7. The van der Waals surface area contributed by atoms with E-state index in [2.05, 4.69) is 25.6 Å². The minimum atomic E-state index is -3.55. The molecule has 3 aromatic rings. The van der Waals surface area contributed by atoms with Gasteiger partial charge in [-0.3, -0.25) is 4.79 Å². The van der Waals surface area contributed by atoms with Crippen LogP contribution >= 0.6 is 0 Å². The molecule has 9 nitrogen and oxygen atoms in total. The third kappa shape index (κ3) is 4.65. The van der Waals surface area contributed by atoms with Crippen molar-refractivity contribution in [1.29, 1.82) is 0 Å². The van der Waals surface area contributed by atoms with E-state index in [-0.39, 0.29) is 28.4 Å². The number of fused-ring (bicyclic) bond motifs is 1. The van der Waals surface area contributed by atoms with Crippen molar-refractivity contribution in [2.24, 2.45) is 5.92 Å². The van der Waals surface area contributed by atoms with E-state index >= 15 is 0 Å². The van der Waals surface area contributed by atoms with Gasteiger partial charge >= 0.3 is 0 Å². The summed E-state index contributed by atoms with van der Waals surface area (Å²) in [4.78, 5) is 24.5. The molecule has 34 heavy (non-hydrogen) atoms. The first-order valence-electron chi connectivity index (χ1n) is 11.5. The highest BCUT2D eigenvalue weighted by Crippen LogP contribution is 2.41. The van der Waals surface area contributed by atoms with Crippen molar-refractivity contribution < 1.29 is 17.9 Å². The third-order valence-electron chi connectivity index (χ3n) is 6.29. The van der Waals surface area contributed by atoms with Crippen LogP contribution in [0.2, 0.25) is 0 Å². The molecule has 180 valence electrons. The Kier molecular flexibility index (Phi) is 5.40. The van der Waals surface area contributed by atoms with E-state index in [0.717, 1.165) is 31.2 Å². The molecule has 2 aliphatic rings. The van der Waals surface area contributed by atoms with E-state index in [4.69, 9.17) is 4.74 Å². The Morgan fingerprint density at radius 3 is 2.56 bits per heavy atom. The zero-order valence-corrected chi connectivity index (χ0v) is 20.5. The molecule has 1 saturated heterocycles. The molecular formula is C24H29N5O4S. The number of imidazole rings is 1. The fourth-order valence-corrected chi connectivity index (χ4v) is 5.22.